The molecule has 3 rings (SSSR count). The molecule has 0 aromatic heterocycles. The summed E-state index contributed by atoms with van der Waals surface area (Å²) in [5.41, 5.74) is 3.76. The third-order valence-electron chi connectivity index (χ3n) is 4.06. The lowest BCUT2D eigenvalue weighted by Crippen LogP contribution is -2.23. The second-order valence-electron chi connectivity index (χ2n) is 6.11. The Morgan fingerprint density at radius 3 is 2.32 bits per heavy atom. The van der Waals surface area contributed by atoms with Crippen LogP contribution in [0.4, 0.5) is 10.5 Å². The molecular formula is C23H22N2O3. The van der Waals surface area contributed by atoms with Gasteiger partial charge in [0.2, 0.25) is 0 Å². The lowest BCUT2D eigenvalue weighted by molar-refractivity contribution is 0.139. The van der Waals surface area contributed by atoms with Crippen LogP contribution in [0.5, 0.6) is 5.75 Å². The number of methoxy groups -OCH3 is 1. The molecule has 0 saturated heterocycles. The smallest absolute Gasteiger partial charge is 0.407 e. The van der Waals surface area contributed by atoms with E-state index in [2.05, 4.69) is 10.3 Å². The molecule has 1 N–H and O–H groups in total. The van der Waals surface area contributed by atoms with Crippen LogP contribution in [0.1, 0.15) is 16.7 Å². The monoisotopic (exact) mass is 374 g/mol. The fourth-order valence-electron chi connectivity index (χ4n) is 2.49. The van der Waals surface area contributed by atoms with E-state index in [0.29, 0.717) is 6.54 Å². The molecule has 3 aromatic carbocycles. The summed E-state index contributed by atoms with van der Waals surface area (Å²) < 4.78 is 10.3. The molecule has 5 heteroatoms. The number of nitrogens with one attached hydrogen (secondary N) is 1. The Balaban J connectivity index is 1.45. The molecule has 0 radical (unpaired) electrons. The van der Waals surface area contributed by atoms with Crippen molar-refractivity contribution in [2.75, 3.05) is 7.11 Å². The van der Waals surface area contributed by atoms with Gasteiger partial charge in [0.25, 0.3) is 0 Å². The average Bonchev–Trinajstić information content (AvgIpc) is 2.76. The normalized spacial score (nSPS) is 10.6. The molecule has 0 bridgehead atoms. The maximum Gasteiger partial charge on any atom is 0.407 e. The maximum atomic E-state index is 11.8. The number of carbonyl (C=O) groups excluding carboxylic acids is 1. The van der Waals surface area contributed by atoms with Gasteiger partial charge in [-0.15, -0.1) is 0 Å². The van der Waals surface area contributed by atoms with Crippen molar-refractivity contribution < 1.29 is 14.3 Å². The van der Waals surface area contributed by atoms with Crippen LogP contribution in [0.2, 0.25) is 0 Å². The van der Waals surface area contributed by atoms with E-state index in [0.717, 1.165) is 28.1 Å². The van der Waals surface area contributed by atoms with Crippen molar-refractivity contribution in [2.45, 2.75) is 13.2 Å². The summed E-state index contributed by atoms with van der Waals surface area (Å²) in [6.07, 6.45) is 1.36. The third-order valence-corrected chi connectivity index (χ3v) is 4.06. The number of rotatable bonds is 7. The number of hydrogen-bond donors (Lipinski definition) is 1. The number of amides is 1. The minimum Gasteiger partial charge on any atom is -0.497 e. The summed E-state index contributed by atoms with van der Waals surface area (Å²) in [5.74, 6) is 0.816. The molecule has 0 aliphatic rings. The van der Waals surface area contributed by atoms with Crippen LogP contribution in [-0.2, 0) is 17.9 Å². The highest BCUT2D eigenvalue weighted by atomic mass is 16.5. The van der Waals surface area contributed by atoms with Gasteiger partial charge in [0.15, 0.2) is 0 Å². The second kappa shape index (κ2) is 9.92. The van der Waals surface area contributed by atoms with Crippen LogP contribution >= 0.6 is 0 Å². The summed E-state index contributed by atoms with van der Waals surface area (Å²) >= 11 is 0. The molecule has 0 atom stereocenters. The molecule has 3 aromatic rings. The lowest BCUT2D eigenvalue weighted by atomic mass is 10.2. The number of aliphatic imine (C=N–C) groups is 1. The molecule has 0 unspecified atom stereocenters. The van der Waals surface area contributed by atoms with Crippen LogP contribution < -0.4 is 10.1 Å². The van der Waals surface area contributed by atoms with Gasteiger partial charge >= 0.3 is 6.09 Å². The van der Waals surface area contributed by atoms with Gasteiger partial charge in [-0.05, 0) is 53.1 Å². The minimum absolute atomic E-state index is 0.256. The van der Waals surface area contributed by atoms with Gasteiger partial charge in [-0.25, -0.2) is 4.79 Å². The molecule has 28 heavy (non-hydrogen) atoms. The Labute approximate surface area is 164 Å². The molecular weight excluding hydrogens is 352 g/mol. The summed E-state index contributed by atoms with van der Waals surface area (Å²) in [7, 11) is 1.64. The minimum atomic E-state index is -0.439. The van der Waals surface area contributed by atoms with Crippen molar-refractivity contribution in [1.82, 2.24) is 5.32 Å². The van der Waals surface area contributed by atoms with E-state index < -0.39 is 6.09 Å². The highest BCUT2D eigenvalue weighted by Gasteiger charge is 2.02. The zero-order chi connectivity index (χ0) is 19.6. The first-order valence-electron chi connectivity index (χ1n) is 8.94. The van der Waals surface area contributed by atoms with E-state index in [1.54, 1.807) is 13.3 Å². The van der Waals surface area contributed by atoms with Crippen molar-refractivity contribution in [3.8, 4) is 5.75 Å². The molecule has 0 spiro atoms. The standard InChI is InChI=1S/C23H22N2O3/c1-27-22-13-9-19(10-14-22)15-24-21-11-7-18(8-12-21)16-25-23(26)28-17-20-5-3-2-4-6-20/h2-15H,16-17H2,1H3,(H,25,26). The van der Waals surface area contributed by atoms with Crippen molar-refractivity contribution in [3.05, 3.63) is 95.6 Å². The summed E-state index contributed by atoms with van der Waals surface area (Å²) in [4.78, 5) is 16.2. The first kappa shape index (κ1) is 19.2. The first-order valence-corrected chi connectivity index (χ1v) is 8.94. The van der Waals surface area contributed by atoms with Crippen LogP contribution in [-0.4, -0.2) is 19.4 Å². The van der Waals surface area contributed by atoms with Gasteiger partial charge < -0.3 is 14.8 Å². The lowest BCUT2D eigenvalue weighted by Gasteiger charge is -2.07. The van der Waals surface area contributed by atoms with Crippen LogP contribution in [0.15, 0.2) is 83.9 Å². The van der Waals surface area contributed by atoms with Crippen molar-refractivity contribution in [2.24, 2.45) is 4.99 Å². The van der Waals surface area contributed by atoms with Gasteiger partial charge in [0.05, 0.1) is 12.8 Å². The maximum absolute atomic E-state index is 11.8. The van der Waals surface area contributed by atoms with Crippen LogP contribution in [0, 0.1) is 0 Å². The number of ether oxygens (including phenoxy) is 2. The molecule has 0 fully saturated rings. The van der Waals surface area contributed by atoms with E-state index >= 15 is 0 Å². The predicted molar refractivity (Wildman–Crippen MR) is 110 cm³/mol. The topological polar surface area (TPSA) is 59.9 Å². The first-order chi connectivity index (χ1) is 13.7. The van der Waals surface area contributed by atoms with E-state index in [-0.39, 0.29) is 6.61 Å². The fraction of sp³-hybridized carbons (Fsp3) is 0.130. The van der Waals surface area contributed by atoms with E-state index in [1.165, 1.54) is 0 Å². The number of carbonyl (C=O) groups is 1. The highest BCUT2D eigenvalue weighted by molar-refractivity contribution is 5.82. The van der Waals surface area contributed by atoms with Crippen molar-refractivity contribution in [1.29, 1.82) is 0 Å². The zero-order valence-electron chi connectivity index (χ0n) is 15.7. The molecule has 0 aliphatic carbocycles. The van der Waals surface area contributed by atoms with Gasteiger partial charge in [-0.1, -0.05) is 42.5 Å². The Hall–Kier alpha value is -3.60. The zero-order valence-corrected chi connectivity index (χ0v) is 15.7. The largest absolute Gasteiger partial charge is 0.497 e. The summed E-state index contributed by atoms with van der Waals surface area (Å²) in [6, 6.07) is 24.9. The van der Waals surface area contributed by atoms with Gasteiger partial charge in [0, 0.05) is 12.8 Å². The van der Waals surface area contributed by atoms with Crippen molar-refractivity contribution >= 4 is 18.0 Å². The molecule has 0 saturated carbocycles. The molecule has 5 nitrogen and oxygen atoms in total. The second-order valence-corrected chi connectivity index (χ2v) is 6.11. The summed E-state index contributed by atoms with van der Waals surface area (Å²) in [5, 5.41) is 2.75. The summed E-state index contributed by atoms with van der Waals surface area (Å²) in [6.45, 7) is 0.655. The number of nitrogens with zero attached hydrogens (tertiary/aromatic N) is 1. The Bertz CT molecular complexity index is 905. The van der Waals surface area contributed by atoms with Gasteiger partial charge in [-0.3, -0.25) is 4.99 Å². The van der Waals surface area contributed by atoms with Crippen LogP contribution in [0.25, 0.3) is 0 Å². The Morgan fingerprint density at radius 2 is 1.64 bits per heavy atom. The van der Waals surface area contributed by atoms with Gasteiger partial charge in [-0.2, -0.15) is 0 Å². The molecule has 0 aliphatic heterocycles. The Morgan fingerprint density at radius 1 is 0.929 bits per heavy atom. The Kier molecular flexibility index (Phi) is 6.79. The number of hydrogen-bond acceptors (Lipinski definition) is 4. The van der Waals surface area contributed by atoms with E-state index in [4.69, 9.17) is 9.47 Å². The highest BCUT2D eigenvalue weighted by Crippen LogP contribution is 2.15. The number of alkyl carbamates (subject to hydrolysis) is 1. The predicted octanol–water partition coefficient (Wildman–Crippen LogP) is 4.87. The van der Waals surface area contributed by atoms with E-state index in [1.807, 2.05) is 78.9 Å². The average molecular weight is 374 g/mol. The van der Waals surface area contributed by atoms with E-state index in [9.17, 15) is 4.79 Å². The molecule has 1 amide bonds. The SMILES string of the molecule is COc1ccc(C=Nc2ccc(CNC(=O)OCc3ccccc3)cc2)cc1. The molecule has 0 heterocycles. The molecule has 142 valence electrons. The fourth-order valence-corrected chi connectivity index (χ4v) is 2.49. The quantitative estimate of drug-likeness (QED) is 0.600. The number of benzene rings is 3. The van der Waals surface area contributed by atoms with Gasteiger partial charge in [0.1, 0.15) is 12.4 Å². The third kappa shape index (κ3) is 5.99. The van der Waals surface area contributed by atoms with Crippen LogP contribution in [0.3, 0.4) is 0 Å². The van der Waals surface area contributed by atoms with Crippen molar-refractivity contribution in [3.63, 3.8) is 0 Å².